The summed E-state index contributed by atoms with van der Waals surface area (Å²) in [6.45, 7) is 9.68. The van der Waals surface area contributed by atoms with Gasteiger partial charge in [-0.1, -0.05) is 70.2 Å². The molecule has 2 bridgehead atoms. The van der Waals surface area contributed by atoms with Gasteiger partial charge in [0.05, 0.1) is 6.04 Å². The number of rotatable bonds is 1. The van der Waals surface area contributed by atoms with E-state index in [-0.39, 0.29) is 10.2 Å². The van der Waals surface area contributed by atoms with Crippen molar-refractivity contribution in [3.05, 3.63) is 65.7 Å². The normalized spacial score (nSPS) is 27.5. The maximum atomic E-state index is 2.64. The van der Waals surface area contributed by atoms with E-state index in [2.05, 4.69) is 99.0 Å². The van der Waals surface area contributed by atoms with Crippen molar-refractivity contribution >= 4 is 17.4 Å². The van der Waals surface area contributed by atoms with E-state index in [4.69, 9.17) is 0 Å². The van der Waals surface area contributed by atoms with Crippen LogP contribution < -0.4 is 4.90 Å². The summed E-state index contributed by atoms with van der Waals surface area (Å²) in [6.07, 6.45) is 0. The number of hydrogen-bond donors (Lipinski definition) is 0. The SMILES string of the molecule is CC1(C)S[C@H]2c3ccccc3[C@@H](N2c2ccccc2)C1(C)C. The largest absolute Gasteiger partial charge is 0.348 e. The zero-order valence-electron chi connectivity index (χ0n) is 13.7. The van der Waals surface area contributed by atoms with Gasteiger partial charge in [0.25, 0.3) is 0 Å². The molecule has 0 aliphatic carbocycles. The Morgan fingerprint density at radius 3 is 2.09 bits per heavy atom. The zero-order chi connectivity index (χ0) is 15.5. The van der Waals surface area contributed by atoms with Crippen LogP contribution in [0.15, 0.2) is 54.6 Å². The summed E-state index contributed by atoms with van der Waals surface area (Å²) in [6, 6.07) is 20.4. The number of nitrogens with zero attached hydrogens (tertiary/aromatic N) is 1. The van der Waals surface area contributed by atoms with Gasteiger partial charge < -0.3 is 4.90 Å². The minimum absolute atomic E-state index is 0.191. The predicted octanol–water partition coefficient (Wildman–Crippen LogP) is 5.80. The van der Waals surface area contributed by atoms with Crippen molar-refractivity contribution in [2.24, 2.45) is 5.41 Å². The van der Waals surface area contributed by atoms with E-state index in [0.717, 1.165) is 0 Å². The highest BCUT2D eigenvalue weighted by molar-refractivity contribution is 8.01. The molecule has 0 N–H and O–H groups in total. The first-order valence-electron chi connectivity index (χ1n) is 8.03. The van der Waals surface area contributed by atoms with E-state index in [0.29, 0.717) is 11.4 Å². The van der Waals surface area contributed by atoms with Crippen LogP contribution >= 0.6 is 11.8 Å². The van der Waals surface area contributed by atoms with Crippen molar-refractivity contribution in [1.29, 1.82) is 0 Å². The Balaban J connectivity index is 1.94. The average molecular weight is 309 g/mol. The van der Waals surface area contributed by atoms with Gasteiger partial charge in [0.1, 0.15) is 5.37 Å². The van der Waals surface area contributed by atoms with Crippen LogP contribution in [0, 0.1) is 5.41 Å². The molecular formula is C20H23NS. The molecule has 0 aromatic heterocycles. The molecule has 2 aromatic carbocycles. The van der Waals surface area contributed by atoms with E-state index in [9.17, 15) is 0 Å². The lowest BCUT2D eigenvalue weighted by atomic mass is 9.71. The average Bonchev–Trinajstić information content (AvgIpc) is 2.79. The standard InChI is InChI=1S/C20H23NS/c1-19(2)17-15-12-8-9-13-16(15)18(22-20(19,3)4)21(17)14-10-6-5-7-11-14/h5-13,17-18H,1-4H3/t17-,18+/m1/s1. The van der Waals surface area contributed by atoms with Gasteiger partial charge >= 0.3 is 0 Å². The van der Waals surface area contributed by atoms with Crippen LogP contribution in [-0.4, -0.2) is 4.75 Å². The Hall–Kier alpha value is -1.41. The molecule has 0 saturated carbocycles. The molecule has 1 fully saturated rings. The summed E-state index contributed by atoms with van der Waals surface area (Å²) in [4.78, 5) is 2.64. The highest BCUT2D eigenvalue weighted by Gasteiger charge is 2.58. The van der Waals surface area contributed by atoms with Crippen LogP contribution in [0.3, 0.4) is 0 Å². The number of benzene rings is 2. The highest BCUT2D eigenvalue weighted by atomic mass is 32.2. The number of para-hydroxylation sites is 1. The minimum Gasteiger partial charge on any atom is -0.348 e. The predicted molar refractivity (Wildman–Crippen MR) is 96.3 cm³/mol. The van der Waals surface area contributed by atoms with E-state index >= 15 is 0 Å². The second-order valence-electron chi connectivity index (χ2n) is 7.48. The maximum Gasteiger partial charge on any atom is 0.102 e. The van der Waals surface area contributed by atoms with Crippen molar-refractivity contribution in [2.45, 2.75) is 43.9 Å². The number of thioether (sulfide) groups is 1. The number of anilines is 1. The van der Waals surface area contributed by atoms with Gasteiger partial charge in [-0.05, 0) is 23.3 Å². The summed E-state index contributed by atoms with van der Waals surface area (Å²) < 4.78 is 0.243. The molecule has 2 heterocycles. The van der Waals surface area contributed by atoms with Crippen molar-refractivity contribution in [3.8, 4) is 0 Å². The maximum absolute atomic E-state index is 2.64. The van der Waals surface area contributed by atoms with Crippen LogP contribution in [0.4, 0.5) is 5.69 Å². The molecule has 22 heavy (non-hydrogen) atoms. The quantitative estimate of drug-likeness (QED) is 0.655. The summed E-state index contributed by atoms with van der Waals surface area (Å²) in [5.74, 6) is 0. The molecule has 0 amide bonds. The molecule has 2 aliphatic heterocycles. The van der Waals surface area contributed by atoms with Gasteiger partial charge in [-0.2, -0.15) is 0 Å². The van der Waals surface area contributed by atoms with Crippen LogP contribution in [0.25, 0.3) is 0 Å². The second-order valence-corrected chi connectivity index (χ2v) is 9.18. The number of hydrogen-bond acceptors (Lipinski definition) is 2. The van der Waals surface area contributed by atoms with Gasteiger partial charge in [-0.3, -0.25) is 0 Å². The summed E-state index contributed by atoms with van der Waals surface area (Å²) in [5.41, 5.74) is 4.54. The van der Waals surface area contributed by atoms with Crippen LogP contribution in [0.1, 0.15) is 50.2 Å². The van der Waals surface area contributed by atoms with Crippen molar-refractivity contribution in [3.63, 3.8) is 0 Å². The van der Waals surface area contributed by atoms with E-state index in [1.807, 2.05) is 0 Å². The van der Waals surface area contributed by atoms with E-state index in [1.54, 1.807) is 0 Å². The summed E-state index contributed by atoms with van der Waals surface area (Å²) in [5, 5.41) is 0.423. The van der Waals surface area contributed by atoms with Gasteiger partial charge in [0.15, 0.2) is 0 Å². The fourth-order valence-corrected chi connectivity index (χ4v) is 5.59. The molecule has 2 aromatic rings. The van der Waals surface area contributed by atoms with E-state index < -0.39 is 0 Å². The molecular weight excluding hydrogens is 286 g/mol. The lowest BCUT2D eigenvalue weighted by Crippen LogP contribution is -2.51. The van der Waals surface area contributed by atoms with Gasteiger partial charge in [-0.15, -0.1) is 11.8 Å². The number of fused-ring (bicyclic) bond motifs is 5. The fourth-order valence-electron chi connectivity index (χ4n) is 3.92. The topological polar surface area (TPSA) is 3.24 Å². The first kappa shape index (κ1) is 14.2. The monoisotopic (exact) mass is 309 g/mol. The third-order valence-electron chi connectivity index (χ3n) is 5.78. The molecule has 4 rings (SSSR count). The molecule has 114 valence electrons. The Kier molecular flexibility index (Phi) is 2.93. The van der Waals surface area contributed by atoms with Crippen molar-refractivity contribution in [2.75, 3.05) is 4.90 Å². The molecule has 1 saturated heterocycles. The van der Waals surface area contributed by atoms with Gasteiger partial charge in [0, 0.05) is 15.8 Å². The molecule has 2 aliphatic rings. The second kappa shape index (κ2) is 4.55. The van der Waals surface area contributed by atoms with Crippen LogP contribution in [-0.2, 0) is 0 Å². The zero-order valence-corrected chi connectivity index (χ0v) is 14.5. The van der Waals surface area contributed by atoms with Gasteiger partial charge in [-0.25, -0.2) is 0 Å². The lowest BCUT2D eigenvalue weighted by molar-refractivity contribution is 0.209. The molecule has 0 unspecified atom stereocenters. The Morgan fingerprint density at radius 2 is 1.41 bits per heavy atom. The van der Waals surface area contributed by atoms with E-state index in [1.165, 1.54) is 16.8 Å². The Labute approximate surface area is 137 Å². The summed E-state index contributed by atoms with van der Waals surface area (Å²) >= 11 is 2.11. The first-order chi connectivity index (χ1) is 10.4. The summed E-state index contributed by atoms with van der Waals surface area (Å²) in [7, 11) is 0. The lowest BCUT2D eigenvalue weighted by Gasteiger charge is -2.55. The molecule has 1 nitrogen and oxygen atoms in total. The van der Waals surface area contributed by atoms with Gasteiger partial charge in [0.2, 0.25) is 0 Å². The smallest absolute Gasteiger partial charge is 0.102 e. The Bertz CT molecular complexity index is 705. The molecule has 2 atom stereocenters. The third-order valence-corrected chi connectivity index (χ3v) is 7.60. The third kappa shape index (κ3) is 1.73. The molecule has 2 heteroatoms. The fraction of sp³-hybridized carbons (Fsp3) is 0.400. The minimum atomic E-state index is 0.191. The Morgan fingerprint density at radius 1 is 0.818 bits per heavy atom. The van der Waals surface area contributed by atoms with Crippen molar-refractivity contribution < 1.29 is 0 Å². The first-order valence-corrected chi connectivity index (χ1v) is 8.91. The van der Waals surface area contributed by atoms with Crippen LogP contribution in [0.5, 0.6) is 0 Å². The molecule has 0 radical (unpaired) electrons. The van der Waals surface area contributed by atoms with Crippen LogP contribution in [0.2, 0.25) is 0 Å². The molecule has 0 spiro atoms. The highest BCUT2D eigenvalue weighted by Crippen LogP contribution is 2.68. The van der Waals surface area contributed by atoms with Crippen molar-refractivity contribution in [1.82, 2.24) is 0 Å².